The molecule has 12 heteroatoms. The summed E-state index contributed by atoms with van der Waals surface area (Å²) in [5.74, 6) is -3.14. The summed E-state index contributed by atoms with van der Waals surface area (Å²) in [6.45, 7) is 0. The van der Waals surface area contributed by atoms with Crippen LogP contribution in [0, 0.1) is 5.82 Å². The largest absolute Gasteiger partial charge is 0.495 e. The minimum Gasteiger partial charge on any atom is -0.495 e. The maximum absolute atomic E-state index is 13.9. The lowest BCUT2D eigenvalue weighted by atomic mass is 10.1. The number of hydrogen-bond acceptors (Lipinski definition) is 7. The number of hydrogen-bond donors (Lipinski definition) is 1. The Labute approximate surface area is 154 Å². The summed E-state index contributed by atoms with van der Waals surface area (Å²) in [6, 6.07) is 1.18. The van der Waals surface area contributed by atoms with Crippen molar-refractivity contribution in [2.45, 2.75) is 6.18 Å². The highest BCUT2D eigenvalue weighted by Gasteiger charge is 2.36. The molecule has 1 heterocycles. The molecule has 0 atom stereocenters. The van der Waals surface area contributed by atoms with Crippen LogP contribution in [0.3, 0.4) is 0 Å². The number of benzene rings is 1. The Bertz CT molecular complexity index is 865. The second-order valence-electron chi connectivity index (χ2n) is 4.78. The summed E-state index contributed by atoms with van der Waals surface area (Å²) in [6.07, 6.45) is -3.09. The molecule has 1 amide bonds. The van der Waals surface area contributed by atoms with Gasteiger partial charge in [0.15, 0.2) is 5.17 Å². The molecule has 1 N–H and O–H groups in total. The number of halogens is 4. The van der Waals surface area contributed by atoms with E-state index in [9.17, 15) is 27.2 Å². The molecular weight excluding hydrogens is 394 g/mol. The van der Waals surface area contributed by atoms with E-state index in [0.717, 1.165) is 38.3 Å². The van der Waals surface area contributed by atoms with Crippen molar-refractivity contribution in [2.24, 2.45) is 10.2 Å². The van der Waals surface area contributed by atoms with Gasteiger partial charge in [-0.3, -0.25) is 10.1 Å². The molecule has 1 aliphatic heterocycles. The van der Waals surface area contributed by atoms with E-state index in [0.29, 0.717) is 12.1 Å². The molecule has 0 aromatic heterocycles. The normalized spacial score (nSPS) is 17.6. The van der Waals surface area contributed by atoms with Crippen LogP contribution in [0.2, 0.25) is 0 Å². The molecule has 1 aromatic rings. The molecule has 0 radical (unpaired) electrons. The Morgan fingerprint density at radius 1 is 1.30 bits per heavy atom. The molecule has 27 heavy (non-hydrogen) atoms. The molecular formula is C15H11F4N3O4S. The lowest BCUT2D eigenvalue weighted by Crippen LogP contribution is -2.19. The van der Waals surface area contributed by atoms with Crippen molar-refractivity contribution in [1.82, 2.24) is 5.32 Å². The van der Waals surface area contributed by atoms with Crippen LogP contribution in [0.25, 0.3) is 0 Å². The smallest absolute Gasteiger partial charge is 0.419 e. The maximum atomic E-state index is 13.9. The van der Waals surface area contributed by atoms with Gasteiger partial charge in [0.25, 0.3) is 5.91 Å². The van der Waals surface area contributed by atoms with E-state index >= 15 is 0 Å². The quantitative estimate of drug-likeness (QED) is 0.273. The van der Waals surface area contributed by atoms with Crippen LogP contribution < -0.4 is 10.1 Å². The van der Waals surface area contributed by atoms with Crippen LogP contribution in [0.4, 0.5) is 17.6 Å². The van der Waals surface area contributed by atoms with Gasteiger partial charge in [-0.2, -0.15) is 18.3 Å². The Morgan fingerprint density at radius 3 is 2.59 bits per heavy atom. The number of amides is 1. The van der Waals surface area contributed by atoms with Gasteiger partial charge in [-0.15, -0.1) is 5.10 Å². The molecule has 0 aliphatic carbocycles. The number of alkyl halides is 3. The first kappa shape index (κ1) is 20.4. The molecule has 7 nitrogen and oxygen atoms in total. The summed E-state index contributed by atoms with van der Waals surface area (Å²) in [7, 11) is 2.09. The monoisotopic (exact) mass is 405 g/mol. The highest BCUT2D eigenvalue weighted by Crippen LogP contribution is 2.38. The van der Waals surface area contributed by atoms with E-state index in [-0.39, 0.29) is 10.1 Å². The fraction of sp³-hybridized carbons (Fsp3) is 0.200. The Kier molecular flexibility index (Phi) is 6.20. The molecule has 0 spiro atoms. The van der Waals surface area contributed by atoms with Gasteiger partial charge in [-0.1, -0.05) is 0 Å². The van der Waals surface area contributed by atoms with Crippen LogP contribution in [-0.4, -0.2) is 37.5 Å². The first-order valence-electron chi connectivity index (χ1n) is 7.01. The Hall–Kier alpha value is -2.89. The highest BCUT2D eigenvalue weighted by atomic mass is 32.2. The second kappa shape index (κ2) is 8.20. The van der Waals surface area contributed by atoms with E-state index < -0.39 is 40.7 Å². The van der Waals surface area contributed by atoms with Gasteiger partial charge in [-0.25, -0.2) is 9.18 Å². The lowest BCUT2D eigenvalue weighted by Gasteiger charge is -2.14. The average molecular weight is 405 g/mol. The summed E-state index contributed by atoms with van der Waals surface area (Å²) in [5, 5.41) is 9.28. The van der Waals surface area contributed by atoms with E-state index in [1.165, 1.54) is 0 Å². The summed E-state index contributed by atoms with van der Waals surface area (Å²) in [4.78, 5) is 22.7. The Balaban J connectivity index is 2.29. The van der Waals surface area contributed by atoms with Crippen molar-refractivity contribution in [1.29, 1.82) is 0 Å². The minimum atomic E-state index is -4.75. The number of nitrogens with zero attached hydrogens (tertiary/aromatic N) is 2. The third-order valence-corrected chi connectivity index (χ3v) is 3.99. The van der Waals surface area contributed by atoms with Gasteiger partial charge in [0, 0.05) is 6.08 Å². The number of rotatable bonds is 4. The number of methoxy groups -OCH3 is 2. The van der Waals surface area contributed by atoms with Crippen molar-refractivity contribution in [3.05, 3.63) is 40.1 Å². The van der Waals surface area contributed by atoms with Gasteiger partial charge in [0.2, 0.25) is 0 Å². The van der Waals surface area contributed by atoms with E-state index in [2.05, 4.69) is 25.0 Å². The van der Waals surface area contributed by atoms with Crippen LogP contribution in [0.1, 0.15) is 11.1 Å². The zero-order valence-electron chi connectivity index (χ0n) is 13.8. The number of esters is 1. The fourth-order valence-electron chi connectivity index (χ4n) is 1.92. The maximum Gasteiger partial charge on any atom is 0.419 e. The van der Waals surface area contributed by atoms with Gasteiger partial charge in [0.1, 0.15) is 11.6 Å². The standard InChI is InChI=1S/C15H11F4N3O4S/c1-25-11(23)5-10-13(24)21-14(27-10)22-20-6-7-9(16)4-3-8(12(7)26-2)15(17,18)19/h3-6H,1-2H3,(H,21,22,24)/b10-5+,20-6?. The van der Waals surface area contributed by atoms with Crippen molar-refractivity contribution in [2.75, 3.05) is 14.2 Å². The van der Waals surface area contributed by atoms with E-state index in [1.807, 2.05) is 0 Å². The van der Waals surface area contributed by atoms with Crippen LogP contribution in [-0.2, 0) is 20.5 Å². The number of nitrogens with one attached hydrogen (secondary N) is 1. The molecule has 2 rings (SSSR count). The minimum absolute atomic E-state index is 0.0152. The van der Waals surface area contributed by atoms with Gasteiger partial charge in [0.05, 0.1) is 36.5 Å². The number of thioether (sulfide) groups is 1. The summed E-state index contributed by atoms with van der Waals surface area (Å²) >= 11 is 0.750. The van der Waals surface area contributed by atoms with E-state index in [1.54, 1.807) is 0 Å². The van der Waals surface area contributed by atoms with Crippen molar-refractivity contribution >= 4 is 35.0 Å². The summed E-state index contributed by atoms with van der Waals surface area (Å²) in [5.41, 5.74) is -1.73. The molecule has 0 saturated carbocycles. The number of carbonyl (C=O) groups excluding carboxylic acids is 2. The van der Waals surface area contributed by atoms with Crippen LogP contribution in [0.15, 0.2) is 33.3 Å². The fourth-order valence-corrected chi connectivity index (χ4v) is 2.66. The highest BCUT2D eigenvalue weighted by molar-refractivity contribution is 8.18. The predicted octanol–water partition coefficient (Wildman–Crippen LogP) is 2.46. The third kappa shape index (κ3) is 4.84. The molecule has 0 bridgehead atoms. The van der Waals surface area contributed by atoms with Crippen molar-refractivity contribution < 1.29 is 36.6 Å². The number of carbonyl (C=O) groups is 2. The van der Waals surface area contributed by atoms with Crippen molar-refractivity contribution in [3.63, 3.8) is 0 Å². The zero-order chi connectivity index (χ0) is 20.2. The van der Waals surface area contributed by atoms with Gasteiger partial charge in [-0.05, 0) is 23.9 Å². The molecule has 1 saturated heterocycles. The van der Waals surface area contributed by atoms with E-state index in [4.69, 9.17) is 0 Å². The van der Waals surface area contributed by atoms with Gasteiger partial charge >= 0.3 is 12.1 Å². The SMILES string of the molecule is COC(=O)/C=C1/S/C(=N\N=Cc2c(F)ccc(C(F)(F)F)c2OC)NC1=O. The zero-order valence-corrected chi connectivity index (χ0v) is 14.6. The first-order chi connectivity index (χ1) is 12.7. The molecule has 1 fully saturated rings. The molecule has 0 unspecified atom stereocenters. The van der Waals surface area contributed by atoms with Crippen LogP contribution >= 0.6 is 11.8 Å². The topological polar surface area (TPSA) is 89.3 Å². The lowest BCUT2D eigenvalue weighted by molar-refractivity contribution is -0.139. The van der Waals surface area contributed by atoms with Crippen molar-refractivity contribution in [3.8, 4) is 5.75 Å². The van der Waals surface area contributed by atoms with Crippen LogP contribution in [0.5, 0.6) is 5.75 Å². The molecule has 1 aromatic carbocycles. The summed E-state index contributed by atoms with van der Waals surface area (Å²) < 4.78 is 61.8. The third-order valence-electron chi connectivity index (χ3n) is 3.09. The first-order valence-corrected chi connectivity index (χ1v) is 7.82. The predicted molar refractivity (Wildman–Crippen MR) is 88.8 cm³/mol. The average Bonchev–Trinajstić information content (AvgIpc) is 2.94. The Morgan fingerprint density at radius 2 is 2.00 bits per heavy atom. The number of amidine groups is 1. The van der Waals surface area contributed by atoms with Gasteiger partial charge < -0.3 is 9.47 Å². The molecule has 1 aliphatic rings. The molecule has 144 valence electrons. The second-order valence-corrected chi connectivity index (χ2v) is 5.81. The number of ether oxygens (including phenoxy) is 2.